The van der Waals surface area contributed by atoms with Crippen LogP contribution in [0.3, 0.4) is 0 Å². The lowest BCUT2D eigenvalue weighted by atomic mass is 9.88. The molecular weight excluding hydrogens is 449 g/mol. The summed E-state index contributed by atoms with van der Waals surface area (Å²) in [6, 6.07) is 16.8. The number of hydrogen-bond acceptors (Lipinski definition) is 4. The number of carbonyl (C=O) groups excluding carboxylic acids is 2. The molecule has 3 aromatic carbocycles. The topological polar surface area (TPSA) is 101 Å². The van der Waals surface area contributed by atoms with E-state index in [2.05, 4.69) is 15.7 Å². The van der Waals surface area contributed by atoms with Crippen LogP contribution in [0.25, 0.3) is 32.8 Å². The van der Waals surface area contributed by atoms with E-state index in [1.165, 1.54) is 16.7 Å². The third kappa shape index (κ3) is 3.31. The van der Waals surface area contributed by atoms with Crippen LogP contribution in [0.15, 0.2) is 73.1 Å². The van der Waals surface area contributed by atoms with Crippen molar-refractivity contribution in [2.24, 2.45) is 7.05 Å². The molecule has 0 radical (unpaired) electrons. The number of aromatic nitrogens is 3. The van der Waals surface area contributed by atoms with Crippen LogP contribution < -0.4 is 10.6 Å². The molecular formula is C26H20FN5O3. The molecule has 1 fully saturated rings. The molecule has 1 aliphatic rings. The molecule has 1 atom stereocenters. The number of halogens is 1. The summed E-state index contributed by atoms with van der Waals surface area (Å²) in [5.74, 6) is -1.20. The van der Waals surface area contributed by atoms with E-state index in [0.717, 1.165) is 22.0 Å². The molecule has 2 aromatic heterocycles. The molecule has 5 aromatic rings. The number of amides is 3. The summed E-state index contributed by atoms with van der Waals surface area (Å²) in [7, 11) is 1.87. The lowest BCUT2D eigenvalue weighted by Gasteiger charge is -2.27. The van der Waals surface area contributed by atoms with E-state index in [1.54, 1.807) is 29.1 Å². The third-order valence-corrected chi connectivity index (χ3v) is 6.50. The molecule has 3 N–H and O–H groups in total. The lowest BCUT2D eigenvalue weighted by molar-refractivity contribution is -0.124. The van der Waals surface area contributed by atoms with Gasteiger partial charge in [-0.3, -0.25) is 14.8 Å². The van der Waals surface area contributed by atoms with Crippen LogP contribution in [0, 0.1) is 5.82 Å². The smallest absolute Gasteiger partial charge is 0.322 e. The molecule has 9 heteroatoms. The third-order valence-electron chi connectivity index (χ3n) is 6.50. The highest BCUT2D eigenvalue weighted by Gasteiger charge is 2.48. The normalized spacial score (nSPS) is 17.8. The average molecular weight is 469 g/mol. The molecule has 1 saturated heterocycles. The van der Waals surface area contributed by atoms with Crippen LogP contribution >= 0.6 is 0 Å². The zero-order valence-corrected chi connectivity index (χ0v) is 18.6. The van der Waals surface area contributed by atoms with Crippen molar-refractivity contribution in [3.8, 4) is 17.0 Å². The maximum atomic E-state index is 13.7. The van der Waals surface area contributed by atoms with Crippen LogP contribution in [-0.2, 0) is 23.9 Å². The van der Waals surface area contributed by atoms with Crippen molar-refractivity contribution in [2.45, 2.75) is 12.1 Å². The second-order valence-electron chi connectivity index (χ2n) is 8.78. The quantitative estimate of drug-likeness (QED) is 0.349. The first-order valence-electron chi connectivity index (χ1n) is 11.0. The Labute approximate surface area is 198 Å². The van der Waals surface area contributed by atoms with E-state index in [1.807, 2.05) is 43.6 Å². The van der Waals surface area contributed by atoms with Crippen LogP contribution in [0.1, 0.15) is 5.56 Å². The van der Waals surface area contributed by atoms with Crippen LogP contribution in [-0.4, -0.2) is 31.4 Å². The highest BCUT2D eigenvalue weighted by Crippen LogP contribution is 2.34. The Morgan fingerprint density at radius 1 is 0.971 bits per heavy atom. The van der Waals surface area contributed by atoms with Crippen molar-refractivity contribution in [1.29, 1.82) is 0 Å². The second-order valence-corrected chi connectivity index (χ2v) is 8.78. The van der Waals surface area contributed by atoms with Crippen LogP contribution in [0.2, 0.25) is 0 Å². The van der Waals surface area contributed by atoms with Crippen molar-refractivity contribution in [2.75, 3.05) is 0 Å². The highest BCUT2D eigenvalue weighted by molar-refractivity contribution is 6.07. The van der Waals surface area contributed by atoms with Gasteiger partial charge < -0.3 is 15.0 Å². The predicted octanol–water partition coefficient (Wildman–Crippen LogP) is 3.77. The maximum absolute atomic E-state index is 13.7. The standard InChI is InChI=1S/C26H20FN5O3/c1-31-12-18-10-16(5-9-22(18)30-31)15-2-6-19(7-3-15)26(24(34)28-25(35)29-26)14-32-13-17-4-8-20(27)11-21(17)23(32)33/h2-13,33H,14H2,1H3,(H2,28,29,34,35)/t26-/m0/s1. The Hall–Kier alpha value is -4.66. The number of nitrogens with zero attached hydrogens (tertiary/aromatic N) is 3. The van der Waals surface area contributed by atoms with E-state index in [0.29, 0.717) is 16.3 Å². The van der Waals surface area contributed by atoms with E-state index in [4.69, 9.17) is 0 Å². The van der Waals surface area contributed by atoms with Gasteiger partial charge in [-0.15, -0.1) is 0 Å². The van der Waals surface area contributed by atoms with Crippen molar-refractivity contribution >= 4 is 33.6 Å². The van der Waals surface area contributed by atoms with Crippen LogP contribution in [0.5, 0.6) is 5.88 Å². The summed E-state index contributed by atoms with van der Waals surface area (Å²) in [6.45, 7) is -0.0757. The number of carbonyl (C=O) groups is 2. The first-order valence-corrected chi connectivity index (χ1v) is 11.0. The minimum Gasteiger partial charge on any atom is -0.494 e. The molecule has 35 heavy (non-hydrogen) atoms. The summed E-state index contributed by atoms with van der Waals surface area (Å²) in [5, 5.41) is 22.1. The Morgan fingerprint density at radius 2 is 1.74 bits per heavy atom. The van der Waals surface area contributed by atoms with Crippen molar-refractivity contribution in [1.82, 2.24) is 25.0 Å². The number of imide groups is 1. The fraction of sp³-hybridized carbons (Fsp3) is 0.115. The zero-order valence-electron chi connectivity index (χ0n) is 18.6. The SMILES string of the molecule is Cn1cc2cc(-c3ccc([C@]4(Cn5cc6ccc(F)cc6c5O)NC(=O)NC4=O)cc3)ccc2n1. The molecule has 0 unspecified atom stereocenters. The summed E-state index contributed by atoms with van der Waals surface area (Å²) >= 11 is 0. The number of aryl methyl sites for hydroxylation is 1. The molecule has 0 saturated carbocycles. The van der Waals surface area contributed by atoms with E-state index < -0.39 is 23.3 Å². The highest BCUT2D eigenvalue weighted by atomic mass is 19.1. The molecule has 0 spiro atoms. The van der Waals surface area contributed by atoms with Crippen molar-refractivity contribution in [3.05, 3.63) is 84.4 Å². The van der Waals surface area contributed by atoms with Gasteiger partial charge in [0.25, 0.3) is 5.91 Å². The van der Waals surface area contributed by atoms with Gasteiger partial charge in [-0.05, 0) is 47.0 Å². The number of urea groups is 1. The second kappa shape index (κ2) is 7.42. The Bertz CT molecular complexity index is 1650. The van der Waals surface area contributed by atoms with Gasteiger partial charge in [0.2, 0.25) is 0 Å². The number of benzene rings is 3. The first-order chi connectivity index (χ1) is 16.8. The van der Waals surface area contributed by atoms with Gasteiger partial charge in [0, 0.05) is 35.6 Å². The van der Waals surface area contributed by atoms with Gasteiger partial charge >= 0.3 is 6.03 Å². The average Bonchev–Trinajstić information content (AvgIpc) is 3.46. The molecule has 6 rings (SSSR count). The predicted molar refractivity (Wildman–Crippen MR) is 128 cm³/mol. The minimum atomic E-state index is -1.45. The van der Waals surface area contributed by atoms with Crippen LogP contribution in [0.4, 0.5) is 9.18 Å². The minimum absolute atomic E-state index is 0.0757. The molecule has 0 aliphatic carbocycles. The number of fused-ring (bicyclic) bond motifs is 2. The molecule has 174 valence electrons. The Kier molecular flexibility index (Phi) is 4.44. The number of nitrogens with one attached hydrogen (secondary N) is 2. The summed E-state index contributed by atoms with van der Waals surface area (Å²) in [5.41, 5.74) is 1.92. The van der Waals surface area contributed by atoms with E-state index >= 15 is 0 Å². The lowest BCUT2D eigenvalue weighted by Crippen LogP contribution is -2.47. The monoisotopic (exact) mass is 469 g/mol. The first kappa shape index (κ1) is 20.9. The Balaban J connectivity index is 1.40. The molecule has 3 amide bonds. The molecule has 0 bridgehead atoms. The number of aromatic hydroxyl groups is 1. The largest absolute Gasteiger partial charge is 0.494 e. The van der Waals surface area contributed by atoms with Crippen molar-refractivity contribution < 1.29 is 19.1 Å². The van der Waals surface area contributed by atoms with Gasteiger partial charge in [-0.25, -0.2) is 9.18 Å². The maximum Gasteiger partial charge on any atom is 0.322 e. The summed E-state index contributed by atoms with van der Waals surface area (Å²) < 4.78 is 16.9. The fourth-order valence-electron chi connectivity index (χ4n) is 4.77. The fourth-order valence-corrected chi connectivity index (χ4v) is 4.77. The summed E-state index contributed by atoms with van der Waals surface area (Å²) in [4.78, 5) is 25.2. The van der Waals surface area contributed by atoms with Gasteiger partial charge in [-0.2, -0.15) is 5.10 Å². The van der Waals surface area contributed by atoms with Gasteiger partial charge in [0.05, 0.1) is 12.1 Å². The Morgan fingerprint density at radius 3 is 2.49 bits per heavy atom. The van der Waals surface area contributed by atoms with Gasteiger partial charge in [-0.1, -0.05) is 30.3 Å². The van der Waals surface area contributed by atoms with Crippen molar-refractivity contribution in [3.63, 3.8) is 0 Å². The zero-order chi connectivity index (χ0) is 24.3. The van der Waals surface area contributed by atoms with Gasteiger partial charge in [0.15, 0.2) is 11.4 Å². The van der Waals surface area contributed by atoms with E-state index in [-0.39, 0.29) is 12.4 Å². The number of rotatable bonds is 4. The number of hydrogen-bond donors (Lipinski definition) is 3. The molecule has 1 aliphatic heterocycles. The summed E-state index contributed by atoms with van der Waals surface area (Å²) in [6.07, 6.45) is 3.57. The van der Waals surface area contributed by atoms with Gasteiger partial charge in [0.1, 0.15) is 5.82 Å². The van der Waals surface area contributed by atoms with E-state index in [9.17, 15) is 19.1 Å². The molecule has 8 nitrogen and oxygen atoms in total. The molecule has 3 heterocycles.